The fraction of sp³-hybridized carbons (Fsp3) is 0.167. The van der Waals surface area contributed by atoms with Crippen LogP contribution >= 0.6 is 0 Å². The van der Waals surface area contributed by atoms with Gasteiger partial charge in [0.15, 0.2) is 5.69 Å². The third kappa shape index (κ3) is 2.44. The van der Waals surface area contributed by atoms with E-state index in [1.165, 1.54) is 27.8 Å². The lowest BCUT2D eigenvalue weighted by Gasteiger charge is -2.07. The molecule has 2 aromatic rings. The van der Waals surface area contributed by atoms with Crippen LogP contribution in [-0.2, 0) is 0 Å². The third-order valence-corrected chi connectivity index (χ3v) is 2.69. The summed E-state index contributed by atoms with van der Waals surface area (Å²) in [6, 6.07) is 5.83. The highest BCUT2D eigenvalue weighted by molar-refractivity contribution is 5.91. The molecule has 0 atom stereocenters. The number of hydrogen-bond acceptors (Lipinski definition) is 5. The van der Waals surface area contributed by atoms with E-state index < -0.39 is 4.92 Å². The highest BCUT2D eigenvalue weighted by Gasteiger charge is 2.14. The first-order valence-electron chi connectivity index (χ1n) is 5.72. The first-order valence-corrected chi connectivity index (χ1v) is 5.72. The molecule has 0 fully saturated rings. The number of carbonyl (C=O) groups excluding carboxylic acids is 1. The van der Waals surface area contributed by atoms with Crippen molar-refractivity contribution in [3.63, 3.8) is 0 Å². The van der Waals surface area contributed by atoms with E-state index in [0.29, 0.717) is 5.69 Å². The maximum atomic E-state index is 11.7. The molecule has 1 amide bonds. The molecular formula is C12H13N5O3. The predicted octanol–water partition coefficient (Wildman–Crippen LogP) is 1.06. The average molecular weight is 275 g/mol. The van der Waals surface area contributed by atoms with Crippen LogP contribution in [0.15, 0.2) is 30.5 Å². The van der Waals surface area contributed by atoms with Crippen molar-refractivity contribution < 1.29 is 9.72 Å². The number of nitro groups is 1. The Balaban J connectivity index is 2.36. The van der Waals surface area contributed by atoms with Crippen molar-refractivity contribution in [1.29, 1.82) is 0 Å². The second kappa shape index (κ2) is 5.00. The standard InChI is InChI=1S/C12H13N5O3/c1-15(2)12(18)10-5-6-16(14-10)8-3-4-11(17(19)20)9(13)7-8/h3-7H,13H2,1-2H3. The number of anilines is 1. The fourth-order valence-electron chi connectivity index (χ4n) is 1.66. The number of hydrogen-bond donors (Lipinski definition) is 1. The van der Waals surface area contributed by atoms with Crippen LogP contribution in [0.5, 0.6) is 0 Å². The van der Waals surface area contributed by atoms with Crippen molar-refractivity contribution in [2.75, 3.05) is 19.8 Å². The zero-order valence-electron chi connectivity index (χ0n) is 11.0. The first kappa shape index (κ1) is 13.5. The van der Waals surface area contributed by atoms with Crippen LogP contribution in [0, 0.1) is 10.1 Å². The quantitative estimate of drug-likeness (QED) is 0.512. The van der Waals surface area contributed by atoms with Crippen molar-refractivity contribution in [1.82, 2.24) is 14.7 Å². The zero-order chi connectivity index (χ0) is 14.9. The van der Waals surface area contributed by atoms with E-state index in [4.69, 9.17) is 5.73 Å². The number of rotatable bonds is 3. The van der Waals surface area contributed by atoms with Gasteiger partial charge in [-0.15, -0.1) is 0 Å². The molecular weight excluding hydrogens is 262 g/mol. The smallest absolute Gasteiger partial charge is 0.292 e. The number of aromatic nitrogens is 2. The molecule has 0 aliphatic rings. The van der Waals surface area contributed by atoms with Crippen LogP contribution in [0.3, 0.4) is 0 Å². The number of amides is 1. The van der Waals surface area contributed by atoms with Gasteiger partial charge in [0.1, 0.15) is 5.69 Å². The van der Waals surface area contributed by atoms with Gasteiger partial charge < -0.3 is 10.6 Å². The molecule has 0 radical (unpaired) electrons. The van der Waals surface area contributed by atoms with Gasteiger partial charge >= 0.3 is 0 Å². The Hall–Kier alpha value is -2.90. The Labute approximate surface area is 114 Å². The minimum atomic E-state index is -0.552. The lowest BCUT2D eigenvalue weighted by molar-refractivity contribution is -0.383. The molecule has 8 nitrogen and oxygen atoms in total. The maximum Gasteiger partial charge on any atom is 0.292 e. The lowest BCUT2D eigenvalue weighted by Crippen LogP contribution is -2.22. The van der Waals surface area contributed by atoms with Crippen LogP contribution in [0.4, 0.5) is 11.4 Å². The highest BCUT2D eigenvalue weighted by atomic mass is 16.6. The van der Waals surface area contributed by atoms with Gasteiger partial charge in [0.05, 0.1) is 10.6 Å². The molecule has 0 aliphatic carbocycles. The lowest BCUT2D eigenvalue weighted by atomic mass is 10.2. The number of benzene rings is 1. The monoisotopic (exact) mass is 275 g/mol. The third-order valence-electron chi connectivity index (χ3n) is 2.69. The largest absolute Gasteiger partial charge is 0.393 e. The van der Waals surface area contributed by atoms with Crippen molar-refractivity contribution in [2.45, 2.75) is 0 Å². The number of nitrogens with zero attached hydrogens (tertiary/aromatic N) is 4. The van der Waals surface area contributed by atoms with Crippen molar-refractivity contribution in [2.24, 2.45) is 0 Å². The normalized spacial score (nSPS) is 10.3. The number of nitrogens with two attached hydrogens (primary N) is 1. The van der Waals surface area contributed by atoms with Gasteiger partial charge in [-0.2, -0.15) is 5.10 Å². The summed E-state index contributed by atoms with van der Waals surface area (Å²) in [4.78, 5) is 23.3. The molecule has 8 heteroatoms. The van der Waals surface area contributed by atoms with Crippen LogP contribution in [0.25, 0.3) is 5.69 Å². The Morgan fingerprint density at radius 3 is 2.65 bits per heavy atom. The number of nitrogen functional groups attached to an aromatic ring is 1. The minimum absolute atomic E-state index is 0.0449. The second-order valence-electron chi connectivity index (χ2n) is 4.35. The highest BCUT2D eigenvalue weighted by Crippen LogP contribution is 2.23. The molecule has 104 valence electrons. The molecule has 0 bridgehead atoms. The minimum Gasteiger partial charge on any atom is -0.393 e. The number of nitro benzene ring substituents is 1. The van der Waals surface area contributed by atoms with Gasteiger partial charge in [-0.1, -0.05) is 0 Å². The van der Waals surface area contributed by atoms with Crippen molar-refractivity contribution in [3.05, 3.63) is 46.3 Å². The Kier molecular flexibility index (Phi) is 3.38. The summed E-state index contributed by atoms with van der Waals surface area (Å²) in [7, 11) is 3.26. The molecule has 0 saturated heterocycles. The van der Waals surface area contributed by atoms with E-state index in [-0.39, 0.29) is 23.0 Å². The van der Waals surface area contributed by atoms with E-state index in [1.54, 1.807) is 26.4 Å². The fourth-order valence-corrected chi connectivity index (χ4v) is 1.66. The zero-order valence-corrected chi connectivity index (χ0v) is 11.0. The Bertz CT molecular complexity index is 677. The molecule has 1 heterocycles. The SMILES string of the molecule is CN(C)C(=O)c1ccn(-c2ccc([N+](=O)[O-])c(N)c2)n1. The molecule has 0 unspecified atom stereocenters. The summed E-state index contributed by atoms with van der Waals surface area (Å²) in [5.74, 6) is -0.223. The first-order chi connectivity index (χ1) is 9.40. The molecule has 2 rings (SSSR count). The predicted molar refractivity (Wildman–Crippen MR) is 72.6 cm³/mol. The van der Waals surface area contributed by atoms with E-state index in [0.717, 1.165) is 0 Å². The van der Waals surface area contributed by atoms with Crippen molar-refractivity contribution >= 4 is 17.3 Å². The molecule has 20 heavy (non-hydrogen) atoms. The molecule has 1 aromatic carbocycles. The molecule has 1 aromatic heterocycles. The summed E-state index contributed by atoms with van der Waals surface area (Å²) < 4.78 is 1.44. The van der Waals surface area contributed by atoms with E-state index in [2.05, 4.69) is 5.10 Å². The molecule has 0 saturated carbocycles. The summed E-state index contributed by atoms with van der Waals surface area (Å²) >= 11 is 0. The van der Waals surface area contributed by atoms with Gasteiger partial charge in [0.2, 0.25) is 0 Å². The Morgan fingerprint density at radius 1 is 1.40 bits per heavy atom. The van der Waals surface area contributed by atoms with Crippen LogP contribution < -0.4 is 5.73 Å². The summed E-state index contributed by atoms with van der Waals surface area (Å²) in [6.07, 6.45) is 1.59. The van der Waals surface area contributed by atoms with Crippen LogP contribution in [0.1, 0.15) is 10.5 Å². The van der Waals surface area contributed by atoms with Gasteiger partial charge in [-0.25, -0.2) is 4.68 Å². The van der Waals surface area contributed by atoms with Crippen LogP contribution in [-0.4, -0.2) is 39.6 Å². The molecule has 2 N–H and O–H groups in total. The molecule has 0 aliphatic heterocycles. The van der Waals surface area contributed by atoms with Gasteiger partial charge in [-0.3, -0.25) is 14.9 Å². The van der Waals surface area contributed by atoms with Gasteiger partial charge in [0, 0.05) is 26.4 Å². The summed E-state index contributed by atoms with van der Waals surface area (Å²) in [5.41, 5.74) is 6.33. The average Bonchev–Trinajstić information content (AvgIpc) is 2.86. The second-order valence-corrected chi connectivity index (χ2v) is 4.35. The topological polar surface area (TPSA) is 107 Å². The summed E-state index contributed by atoms with van der Waals surface area (Å²) in [5, 5.41) is 14.8. The van der Waals surface area contributed by atoms with E-state index in [9.17, 15) is 14.9 Å². The van der Waals surface area contributed by atoms with Crippen LogP contribution in [0.2, 0.25) is 0 Å². The molecule has 0 spiro atoms. The summed E-state index contributed by atoms with van der Waals surface area (Å²) in [6.45, 7) is 0. The number of carbonyl (C=O) groups is 1. The van der Waals surface area contributed by atoms with Gasteiger partial charge in [0.25, 0.3) is 11.6 Å². The Morgan fingerprint density at radius 2 is 2.10 bits per heavy atom. The van der Waals surface area contributed by atoms with Crippen molar-refractivity contribution in [3.8, 4) is 5.69 Å². The van der Waals surface area contributed by atoms with Gasteiger partial charge in [-0.05, 0) is 18.2 Å². The maximum absolute atomic E-state index is 11.7. The van der Waals surface area contributed by atoms with E-state index in [1.807, 2.05) is 0 Å². The van der Waals surface area contributed by atoms with E-state index >= 15 is 0 Å².